The Morgan fingerprint density at radius 3 is 2.56 bits per heavy atom. The summed E-state index contributed by atoms with van der Waals surface area (Å²) in [4.78, 5) is 2.16. The first-order valence-corrected chi connectivity index (χ1v) is 5.73. The molecule has 3 heteroatoms. The topological polar surface area (TPSA) is 32.7 Å². The molecule has 0 aliphatic rings. The van der Waals surface area contributed by atoms with Crippen molar-refractivity contribution >= 4 is 0 Å². The minimum atomic E-state index is -0.225. The van der Waals surface area contributed by atoms with Crippen LogP contribution in [0.1, 0.15) is 13.3 Å². The molecule has 3 nitrogen and oxygen atoms in total. The zero-order valence-corrected chi connectivity index (χ0v) is 10.1. The molecule has 0 heterocycles. The van der Waals surface area contributed by atoms with Gasteiger partial charge in [-0.25, -0.2) is 0 Å². The van der Waals surface area contributed by atoms with E-state index in [0.29, 0.717) is 6.61 Å². The van der Waals surface area contributed by atoms with Crippen LogP contribution in [0.25, 0.3) is 0 Å². The molecule has 90 valence electrons. The predicted octanol–water partition coefficient (Wildman–Crippen LogP) is 1.77. The monoisotopic (exact) mass is 223 g/mol. The van der Waals surface area contributed by atoms with E-state index in [1.165, 1.54) is 0 Å². The number of likely N-dealkylation sites (N-methyl/N-ethyl adjacent to an activating group) is 1. The van der Waals surface area contributed by atoms with Crippen molar-refractivity contribution in [3.63, 3.8) is 0 Å². The fourth-order valence-corrected chi connectivity index (χ4v) is 1.36. The molecule has 0 aliphatic heterocycles. The van der Waals surface area contributed by atoms with E-state index in [2.05, 4.69) is 4.90 Å². The third-order valence-corrected chi connectivity index (χ3v) is 2.41. The first-order chi connectivity index (χ1) is 7.68. The average molecular weight is 223 g/mol. The second kappa shape index (κ2) is 7.25. The van der Waals surface area contributed by atoms with Crippen LogP contribution in [-0.2, 0) is 0 Å². The lowest BCUT2D eigenvalue weighted by Gasteiger charge is -2.17. The zero-order chi connectivity index (χ0) is 11.8. The van der Waals surface area contributed by atoms with Crippen LogP contribution in [0.2, 0.25) is 0 Å². The summed E-state index contributed by atoms with van der Waals surface area (Å²) in [5.74, 6) is 0.909. The van der Waals surface area contributed by atoms with E-state index in [4.69, 9.17) is 9.84 Å². The molecule has 0 spiro atoms. The number of para-hydroxylation sites is 1. The average Bonchev–Trinajstić information content (AvgIpc) is 2.28. The summed E-state index contributed by atoms with van der Waals surface area (Å²) in [5.41, 5.74) is 0. The van der Waals surface area contributed by atoms with Crippen molar-refractivity contribution in [2.24, 2.45) is 0 Å². The molecular formula is C13H21NO2. The molecule has 0 radical (unpaired) electrons. The maximum atomic E-state index is 9.15. The Bertz CT molecular complexity index is 275. The van der Waals surface area contributed by atoms with Crippen molar-refractivity contribution < 1.29 is 9.84 Å². The number of nitrogens with zero attached hydrogens (tertiary/aromatic N) is 1. The van der Waals surface area contributed by atoms with Crippen molar-refractivity contribution in [3.8, 4) is 5.75 Å². The maximum absolute atomic E-state index is 9.15. The largest absolute Gasteiger partial charge is 0.492 e. The third kappa shape index (κ3) is 5.73. The number of aliphatic hydroxyl groups is 1. The molecule has 0 bridgehead atoms. The van der Waals surface area contributed by atoms with Gasteiger partial charge in [-0.1, -0.05) is 18.2 Å². The molecule has 0 saturated carbocycles. The first-order valence-electron chi connectivity index (χ1n) is 5.73. The Morgan fingerprint density at radius 1 is 1.25 bits per heavy atom. The molecule has 0 amide bonds. The van der Waals surface area contributed by atoms with E-state index in [-0.39, 0.29) is 6.10 Å². The van der Waals surface area contributed by atoms with Gasteiger partial charge in [0.15, 0.2) is 0 Å². The van der Waals surface area contributed by atoms with Crippen molar-refractivity contribution in [1.29, 1.82) is 0 Å². The SMILES string of the molecule is CC(O)CCN(C)CCOc1ccccc1. The maximum Gasteiger partial charge on any atom is 0.119 e. The quantitative estimate of drug-likeness (QED) is 0.764. The number of aliphatic hydroxyl groups excluding tert-OH is 1. The minimum absolute atomic E-state index is 0.225. The summed E-state index contributed by atoms with van der Waals surface area (Å²) in [6.07, 6.45) is 0.583. The summed E-state index contributed by atoms with van der Waals surface area (Å²) >= 11 is 0. The van der Waals surface area contributed by atoms with Crippen LogP contribution >= 0.6 is 0 Å². The van der Waals surface area contributed by atoms with Gasteiger partial charge in [-0.2, -0.15) is 0 Å². The van der Waals surface area contributed by atoms with Crippen LogP contribution in [0.5, 0.6) is 5.75 Å². The molecule has 1 N–H and O–H groups in total. The van der Waals surface area contributed by atoms with Crippen molar-refractivity contribution in [3.05, 3.63) is 30.3 Å². The molecule has 16 heavy (non-hydrogen) atoms. The molecule has 0 fully saturated rings. The van der Waals surface area contributed by atoms with Crippen LogP contribution in [0.15, 0.2) is 30.3 Å². The zero-order valence-electron chi connectivity index (χ0n) is 10.1. The van der Waals surface area contributed by atoms with Crippen molar-refractivity contribution in [2.75, 3.05) is 26.7 Å². The lowest BCUT2D eigenvalue weighted by Crippen LogP contribution is -2.27. The Labute approximate surface area is 97.7 Å². The van der Waals surface area contributed by atoms with E-state index in [1.54, 1.807) is 0 Å². The van der Waals surface area contributed by atoms with Gasteiger partial charge in [-0.15, -0.1) is 0 Å². The van der Waals surface area contributed by atoms with Crippen LogP contribution < -0.4 is 4.74 Å². The Hall–Kier alpha value is -1.06. The highest BCUT2D eigenvalue weighted by Crippen LogP contribution is 2.07. The summed E-state index contributed by atoms with van der Waals surface area (Å²) in [6.45, 7) is 4.27. The Balaban J connectivity index is 2.11. The van der Waals surface area contributed by atoms with Gasteiger partial charge < -0.3 is 14.7 Å². The van der Waals surface area contributed by atoms with Gasteiger partial charge in [0.2, 0.25) is 0 Å². The van der Waals surface area contributed by atoms with Crippen molar-refractivity contribution in [1.82, 2.24) is 4.90 Å². The van der Waals surface area contributed by atoms with E-state index in [9.17, 15) is 0 Å². The van der Waals surface area contributed by atoms with Gasteiger partial charge in [0.1, 0.15) is 12.4 Å². The van der Waals surface area contributed by atoms with Gasteiger partial charge in [0, 0.05) is 13.1 Å². The summed E-state index contributed by atoms with van der Waals surface area (Å²) < 4.78 is 5.58. The summed E-state index contributed by atoms with van der Waals surface area (Å²) in [6, 6.07) is 9.81. The van der Waals surface area contributed by atoms with E-state index < -0.39 is 0 Å². The van der Waals surface area contributed by atoms with Gasteiger partial charge >= 0.3 is 0 Å². The molecule has 1 atom stereocenters. The molecule has 1 aromatic rings. The highest BCUT2D eigenvalue weighted by atomic mass is 16.5. The molecule has 1 unspecified atom stereocenters. The highest BCUT2D eigenvalue weighted by molar-refractivity contribution is 5.20. The van der Waals surface area contributed by atoms with Gasteiger partial charge in [-0.3, -0.25) is 0 Å². The lowest BCUT2D eigenvalue weighted by molar-refractivity contribution is 0.157. The standard InChI is InChI=1S/C13H21NO2/c1-12(15)8-9-14(2)10-11-16-13-6-4-3-5-7-13/h3-7,12,15H,8-11H2,1-2H3. The Kier molecular flexibility index (Phi) is 5.90. The fourth-order valence-electron chi connectivity index (χ4n) is 1.36. The summed E-state index contributed by atoms with van der Waals surface area (Å²) in [7, 11) is 2.04. The fraction of sp³-hybridized carbons (Fsp3) is 0.538. The number of benzene rings is 1. The predicted molar refractivity (Wildman–Crippen MR) is 65.7 cm³/mol. The lowest BCUT2D eigenvalue weighted by atomic mass is 10.3. The highest BCUT2D eigenvalue weighted by Gasteiger charge is 2.01. The van der Waals surface area contributed by atoms with Gasteiger partial charge in [-0.05, 0) is 32.5 Å². The van der Waals surface area contributed by atoms with Crippen LogP contribution in [0, 0.1) is 0 Å². The molecule has 0 saturated heterocycles. The Morgan fingerprint density at radius 2 is 1.94 bits per heavy atom. The van der Waals surface area contributed by atoms with E-state index >= 15 is 0 Å². The second-order valence-electron chi connectivity index (χ2n) is 4.10. The number of hydrogen-bond donors (Lipinski definition) is 1. The van der Waals surface area contributed by atoms with E-state index in [0.717, 1.165) is 25.3 Å². The van der Waals surface area contributed by atoms with Gasteiger partial charge in [0.05, 0.1) is 6.10 Å². The number of rotatable bonds is 7. The third-order valence-electron chi connectivity index (χ3n) is 2.41. The molecule has 1 aromatic carbocycles. The number of ether oxygens (including phenoxy) is 1. The van der Waals surface area contributed by atoms with Crippen LogP contribution in [0.4, 0.5) is 0 Å². The normalized spacial score (nSPS) is 12.8. The van der Waals surface area contributed by atoms with Crippen LogP contribution in [-0.4, -0.2) is 42.9 Å². The first kappa shape index (κ1) is 13.0. The van der Waals surface area contributed by atoms with Crippen molar-refractivity contribution in [2.45, 2.75) is 19.4 Å². The molecule has 0 aliphatic carbocycles. The second-order valence-corrected chi connectivity index (χ2v) is 4.10. The summed E-state index contributed by atoms with van der Waals surface area (Å²) in [5, 5.41) is 9.15. The molecular weight excluding hydrogens is 202 g/mol. The van der Waals surface area contributed by atoms with E-state index in [1.807, 2.05) is 44.3 Å². The minimum Gasteiger partial charge on any atom is -0.492 e. The van der Waals surface area contributed by atoms with Crippen LogP contribution in [0.3, 0.4) is 0 Å². The molecule has 1 rings (SSSR count). The number of hydrogen-bond acceptors (Lipinski definition) is 3. The smallest absolute Gasteiger partial charge is 0.119 e. The van der Waals surface area contributed by atoms with Gasteiger partial charge in [0.25, 0.3) is 0 Å². The molecule has 0 aromatic heterocycles.